The molecular weight excluding hydrogens is 404 g/mol. The van der Waals surface area contributed by atoms with Gasteiger partial charge in [0.25, 0.3) is 0 Å². The van der Waals surface area contributed by atoms with Crippen LogP contribution >= 0.6 is 0 Å². The summed E-state index contributed by atoms with van der Waals surface area (Å²) < 4.78 is 0. The molecule has 0 aromatic heterocycles. The minimum atomic E-state index is 0.523. The lowest BCUT2D eigenvalue weighted by molar-refractivity contribution is 0.434. The van der Waals surface area contributed by atoms with Crippen LogP contribution < -0.4 is 10.6 Å². The molecule has 0 spiro atoms. The van der Waals surface area contributed by atoms with Crippen molar-refractivity contribution in [2.45, 2.75) is 46.1 Å². The Bertz CT molecular complexity index is 988. The first kappa shape index (κ1) is 24.5. The maximum Gasteiger partial charge on any atom is 0.138 e. The minimum absolute atomic E-state index is 0.523. The number of para-hydroxylation sites is 2. The van der Waals surface area contributed by atoms with E-state index in [2.05, 4.69) is 76.7 Å². The van der Waals surface area contributed by atoms with Gasteiger partial charge in [0.2, 0.25) is 0 Å². The van der Waals surface area contributed by atoms with Gasteiger partial charge in [-0.15, -0.1) is 0 Å². The second-order valence-corrected chi connectivity index (χ2v) is 8.06. The van der Waals surface area contributed by atoms with E-state index < -0.39 is 0 Å². The van der Waals surface area contributed by atoms with Gasteiger partial charge in [-0.2, -0.15) is 0 Å². The van der Waals surface area contributed by atoms with E-state index in [-0.39, 0.29) is 0 Å². The number of hydrogen-bond acceptors (Lipinski definition) is 4. The summed E-state index contributed by atoms with van der Waals surface area (Å²) in [6.45, 7) is 13.0. The van der Waals surface area contributed by atoms with Crippen LogP contribution in [-0.2, 0) is 6.42 Å². The molecule has 1 saturated heterocycles. The molecule has 4 nitrogen and oxygen atoms in total. The molecule has 2 aliphatic heterocycles. The van der Waals surface area contributed by atoms with Gasteiger partial charge < -0.3 is 15.5 Å². The Kier molecular flexibility index (Phi) is 9.52. The second kappa shape index (κ2) is 12.8. The van der Waals surface area contributed by atoms with Crippen LogP contribution in [0.15, 0.2) is 95.7 Å². The molecule has 1 atom stereocenters. The average molecular weight is 443 g/mol. The fourth-order valence-corrected chi connectivity index (χ4v) is 4.29. The van der Waals surface area contributed by atoms with Crippen LogP contribution in [0.3, 0.4) is 0 Å². The highest BCUT2D eigenvalue weighted by molar-refractivity contribution is 6.05. The Morgan fingerprint density at radius 2 is 1.82 bits per heavy atom. The minimum Gasteiger partial charge on any atom is -0.355 e. The third kappa shape index (κ3) is 6.45. The predicted octanol–water partition coefficient (Wildman–Crippen LogP) is 6.48. The Morgan fingerprint density at radius 1 is 1.06 bits per heavy atom. The van der Waals surface area contributed by atoms with Gasteiger partial charge in [0.05, 0.1) is 11.4 Å². The molecule has 2 aromatic carbocycles. The van der Waals surface area contributed by atoms with Gasteiger partial charge in [-0.25, -0.2) is 4.99 Å². The SMILES string of the molecule is C=CC1=C(/C=C/C)C(N2CCN[C@@H](CCc3ccccc3)CC2)=Nc2ccccc2N1.CC. The van der Waals surface area contributed by atoms with Gasteiger partial charge in [0, 0.05) is 36.9 Å². The number of nitrogens with zero attached hydrogens (tertiary/aromatic N) is 2. The summed E-state index contributed by atoms with van der Waals surface area (Å²) >= 11 is 0. The van der Waals surface area contributed by atoms with Gasteiger partial charge in [-0.05, 0) is 50.0 Å². The summed E-state index contributed by atoms with van der Waals surface area (Å²) in [6.07, 6.45) is 9.48. The number of rotatable bonds is 5. The number of amidine groups is 1. The monoisotopic (exact) mass is 442 g/mol. The first-order valence-electron chi connectivity index (χ1n) is 12.2. The van der Waals surface area contributed by atoms with Gasteiger partial charge in [0.1, 0.15) is 5.84 Å². The Balaban J connectivity index is 0.00000149. The lowest BCUT2D eigenvalue weighted by Gasteiger charge is -2.25. The van der Waals surface area contributed by atoms with Crippen molar-refractivity contribution in [1.82, 2.24) is 10.2 Å². The largest absolute Gasteiger partial charge is 0.355 e. The van der Waals surface area contributed by atoms with E-state index in [9.17, 15) is 0 Å². The summed E-state index contributed by atoms with van der Waals surface area (Å²) in [5.74, 6) is 1.02. The topological polar surface area (TPSA) is 39.7 Å². The van der Waals surface area contributed by atoms with Crippen LogP contribution in [0.1, 0.15) is 39.2 Å². The number of aryl methyl sites for hydroxylation is 1. The van der Waals surface area contributed by atoms with Crippen molar-refractivity contribution < 1.29 is 0 Å². The standard InChI is InChI=1S/C27H32N4.C2H6/c1-3-10-23-24(4-2)29-25-13-8-9-14-26(25)30-27(23)31-19-17-22(28-18-20-31)16-15-21-11-6-5-7-12-21;1-2/h3-14,22,28-29H,2,15-20H2,1H3;1-2H3/b10-3+;/t22-;/m0./s1. The molecule has 1 fully saturated rings. The smallest absolute Gasteiger partial charge is 0.138 e. The Labute approximate surface area is 199 Å². The third-order valence-corrected chi connectivity index (χ3v) is 5.95. The van der Waals surface area contributed by atoms with E-state index in [1.54, 1.807) is 0 Å². The van der Waals surface area contributed by atoms with E-state index in [0.29, 0.717) is 6.04 Å². The molecule has 0 aliphatic carbocycles. The van der Waals surface area contributed by atoms with E-state index in [4.69, 9.17) is 4.99 Å². The van der Waals surface area contributed by atoms with Crippen LogP contribution in [0.2, 0.25) is 0 Å². The quantitative estimate of drug-likeness (QED) is 0.557. The number of anilines is 1. The molecule has 2 N–H and O–H groups in total. The lowest BCUT2D eigenvalue weighted by atomic mass is 10.0. The summed E-state index contributed by atoms with van der Waals surface area (Å²) in [5.41, 5.74) is 5.49. The molecule has 0 amide bonds. The second-order valence-electron chi connectivity index (χ2n) is 8.06. The highest BCUT2D eigenvalue weighted by Crippen LogP contribution is 2.32. The van der Waals surface area contributed by atoms with Crippen molar-refractivity contribution in [3.8, 4) is 0 Å². The zero-order valence-corrected chi connectivity index (χ0v) is 20.3. The van der Waals surface area contributed by atoms with E-state index in [1.807, 2.05) is 39.0 Å². The molecule has 4 rings (SSSR count). The molecule has 33 heavy (non-hydrogen) atoms. The van der Waals surface area contributed by atoms with E-state index in [0.717, 1.165) is 67.4 Å². The zero-order chi connectivity index (χ0) is 23.5. The first-order valence-corrected chi connectivity index (χ1v) is 12.2. The van der Waals surface area contributed by atoms with Crippen LogP contribution in [0, 0.1) is 0 Å². The van der Waals surface area contributed by atoms with Crippen molar-refractivity contribution in [2.75, 3.05) is 25.0 Å². The number of benzene rings is 2. The zero-order valence-electron chi connectivity index (χ0n) is 20.3. The number of hydrogen-bond donors (Lipinski definition) is 2. The van der Waals surface area contributed by atoms with E-state index >= 15 is 0 Å². The maximum atomic E-state index is 5.12. The number of aliphatic imine (C=N–C) groups is 1. The molecule has 2 aromatic rings. The number of fused-ring (bicyclic) bond motifs is 1. The number of nitrogens with one attached hydrogen (secondary N) is 2. The molecule has 0 saturated carbocycles. The fourth-order valence-electron chi connectivity index (χ4n) is 4.29. The summed E-state index contributed by atoms with van der Waals surface area (Å²) in [4.78, 5) is 7.55. The van der Waals surface area contributed by atoms with Crippen molar-refractivity contribution in [1.29, 1.82) is 0 Å². The predicted molar refractivity (Wildman–Crippen MR) is 143 cm³/mol. The van der Waals surface area contributed by atoms with Crippen LogP contribution in [0.25, 0.3) is 0 Å². The molecular formula is C29H38N4. The Hall–Kier alpha value is -3.11. The normalized spacial score (nSPS) is 18.3. The van der Waals surface area contributed by atoms with E-state index in [1.165, 1.54) is 5.56 Å². The Morgan fingerprint density at radius 3 is 2.58 bits per heavy atom. The van der Waals surface area contributed by atoms with Crippen LogP contribution in [-0.4, -0.2) is 36.4 Å². The molecule has 0 radical (unpaired) electrons. The summed E-state index contributed by atoms with van der Waals surface area (Å²) in [7, 11) is 0. The summed E-state index contributed by atoms with van der Waals surface area (Å²) in [5, 5.41) is 7.29. The average Bonchev–Trinajstić information content (AvgIpc) is 3.20. The molecule has 0 bridgehead atoms. The van der Waals surface area contributed by atoms with Gasteiger partial charge in [0.15, 0.2) is 0 Å². The van der Waals surface area contributed by atoms with Crippen molar-refractivity contribution >= 4 is 17.2 Å². The third-order valence-electron chi connectivity index (χ3n) is 5.95. The highest BCUT2D eigenvalue weighted by atomic mass is 15.2. The molecule has 2 aliphatic rings. The maximum absolute atomic E-state index is 5.12. The van der Waals surface area contributed by atoms with Crippen molar-refractivity contribution in [3.05, 3.63) is 96.2 Å². The number of allylic oxidation sites excluding steroid dienone is 2. The van der Waals surface area contributed by atoms with Gasteiger partial charge in [-0.3, -0.25) is 0 Å². The highest BCUT2D eigenvalue weighted by Gasteiger charge is 2.24. The first-order chi connectivity index (χ1) is 16.3. The fraction of sp³-hybridized carbons (Fsp3) is 0.345. The van der Waals surface area contributed by atoms with Crippen LogP contribution in [0.5, 0.6) is 0 Å². The van der Waals surface area contributed by atoms with Crippen molar-refractivity contribution in [3.63, 3.8) is 0 Å². The van der Waals surface area contributed by atoms with Gasteiger partial charge >= 0.3 is 0 Å². The van der Waals surface area contributed by atoms with Gasteiger partial charge in [-0.1, -0.05) is 75.0 Å². The molecule has 174 valence electrons. The van der Waals surface area contributed by atoms with Crippen molar-refractivity contribution in [2.24, 2.45) is 4.99 Å². The molecule has 2 heterocycles. The molecule has 0 unspecified atom stereocenters. The summed E-state index contributed by atoms with van der Waals surface area (Å²) in [6, 6.07) is 19.5. The lowest BCUT2D eigenvalue weighted by Crippen LogP contribution is -2.35. The molecule has 4 heteroatoms. The van der Waals surface area contributed by atoms with Crippen LogP contribution in [0.4, 0.5) is 11.4 Å².